The normalized spacial score (nSPS) is 21.3. The average molecular weight is 242 g/mol. The smallest absolute Gasteiger partial charge is 0.332 e. The lowest BCUT2D eigenvalue weighted by Crippen LogP contribution is -2.34. The number of carboxylic acid groups (broad SMARTS) is 1. The SMILES string of the molecule is C1CCC2=NCCCN2CC1.CC(O)C(=O)O. The van der Waals surface area contributed by atoms with Gasteiger partial charge in [0.2, 0.25) is 0 Å². The first-order valence-electron chi connectivity index (χ1n) is 6.30. The summed E-state index contributed by atoms with van der Waals surface area (Å²) in [5.74, 6) is 0.212. The highest BCUT2D eigenvalue weighted by atomic mass is 16.4. The highest BCUT2D eigenvalue weighted by Crippen LogP contribution is 2.15. The predicted octanol–water partition coefficient (Wildman–Crippen LogP) is 1.12. The largest absolute Gasteiger partial charge is 0.479 e. The van der Waals surface area contributed by atoms with E-state index >= 15 is 0 Å². The molecule has 2 aliphatic rings. The number of carboxylic acids is 1. The number of rotatable bonds is 1. The number of aliphatic carboxylic acids is 1. The molecule has 0 bridgehead atoms. The van der Waals surface area contributed by atoms with Crippen LogP contribution in [0.1, 0.15) is 39.0 Å². The van der Waals surface area contributed by atoms with Crippen LogP contribution in [-0.4, -0.2) is 52.7 Å². The second-order valence-electron chi connectivity index (χ2n) is 4.46. The number of carbonyl (C=O) groups is 1. The van der Waals surface area contributed by atoms with E-state index in [4.69, 9.17) is 10.2 Å². The Labute approximate surface area is 102 Å². The summed E-state index contributed by atoms with van der Waals surface area (Å²) in [5, 5.41) is 15.8. The minimum Gasteiger partial charge on any atom is -0.479 e. The molecule has 1 atom stereocenters. The topological polar surface area (TPSA) is 73.1 Å². The molecule has 0 amide bonds. The number of amidine groups is 1. The molecule has 0 aromatic rings. The maximum Gasteiger partial charge on any atom is 0.332 e. The van der Waals surface area contributed by atoms with Crippen molar-refractivity contribution in [3.63, 3.8) is 0 Å². The van der Waals surface area contributed by atoms with Gasteiger partial charge in [0.25, 0.3) is 0 Å². The second kappa shape index (κ2) is 7.27. The first-order chi connectivity index (χ1) is 8.11. The Morgan fingerprint density at radius 1 is 1.29 bits per heavy atom. The molecule has 17 heavy (non-hydrogen) atoms. The van der Waals surface area contributed by atoms with E-state index < -0.39 is 12.1 Å². The molecule has 2 rings (SSSR count). The molecule has 5 heteroatoms. The van der Waals surface area contributed by atoms with Gasteiger partial charge in [-0.15, -0.1) is 0 Å². The van der Waals surface area contributed by atoms with Crippen LogP contribution in [0.5, 0.6) is 0 Å². The van der Waals surface area contributed by atoms with Gasteiger partial charge in [-0.2, -0.15) is 0 Å². The number of fused-ring (bicyclic) bond motifs is 1. The van der Waals surface area contributed by atoms with E-state index in [1.165, 1.54) is 58.0 Å². The average Bonchev–Trinajstić information content (AvgIpc) is 2.54. The molecule has 0 spiro atoms. The van der Waals surface area contributed by atoms with Crippen LogP contribution in [0.15, 0.2) is 4.99 Å². The maximum absolute atomic E-state index is 9.45. The fraction of sp³-hybridized carbons (Fsp3) is 0.833. The van der Waals surface area contributed by atoms with E-state index in [1.54, 1.807) is 0 Å². The number of hydrogen-bond donors (Lipinski definition) is 2. The fourth-order valence-electron chi connectivity index (χ4n) is 1.94. The summed E-state index contributed by atoms with van der Waals surface area (Å²) in [5.41, 5.74) is 0. The van der Waals surface area contributed by atoms with Gasteiger partial charge in [0.1, 0.15) is 6.10 Å². The molecule has 0 aromatic heterocycles. The first-order valence-corrected chi connectivity index (χ1v) is 6.30. The summed E-state index contributed by atoms with van der Waals surface area (Å²) in [6.07, 6.45) is 5.40. The third-order valence-corrected chi connectivity index (χ3v) is 2.93. The Morgan fingerprint density at radius 3 is 2.59 bits per heavy atom. The third kappa shape index (κ3) is 5.17. The molecule has 0 radical (unpaired) electrons. The molecule has 2 N–H and O–H groups in total. The van der Waals surface area contributed by atoms with Crippen molar-refractivity contribution in [1.29, 1.82) is 0 Å². The van der Waals surface area contributed by atoms with Crippen molar-refractivity contribution in [3.05, 3.63) is 0 Å². The van der Waals surface area contributed by atoms with Crippen LogP contribution < -0.4 is 0 Å². The lowest BCUT2D eigenvalue weighted by molar-refractivity contribution is -0.145. The lowest BCUT2D eigenvalue weighted by Gasteiger charge is -2.27. The standard InChI is InChI=1S/C9H16N2.C3H6O3/c1-2-5-9-10-6-4-8-11(9)7-3-1;1-2(4)3(5)6/h1-8H2;2,4H,1H3,(H,5,6). The van der Waals surface area contributed by atoms with Gasteiger partial charge in [0.15, 0.2) is 0 Å². The molecule has 1 fully saturated rings. The van der Waals surface area contributed by atoms with Crippen LogP contribution in [0.4, 0.5) is 0 Å². The summed E-state index contributed by atoms with van der Waals surface area (Å²) in [6.45, 7) is 4.80. The van der Waals surface area contributed by atoms with Crippen LogP contribution in [0.3, 0.4) is 0 Å². The van der Waals surface area contributed by atoms with Gasteiger partial charge < -0.3 is 15.1 Å². The quantitative estimate of drug-likeness (QED) is 0.722. The van der Waals surface area contributed by atoms with Gasteiger partial charge in [-0.1, -0.05) is 6.42 Å². The summed E-state index contributed by atoms with van der Waals surface area (Å²) < 4.78 is 0. The molecule has 1 unspecified atom stereocenters. The van der Waals surface area contributed by atoms with Gasteiger partial charge in [-0.3, -0.25) is 4.99 Å². The summed E-state index contributed by atoms with van der Waals surface area (Å²) in [6, 6.07) is 0. The Bertz CT molecular complexity index is 277. The number of aliphatic imine (C=N–C) groups is 1. The zero-order valence-corrected chi connectivity index (χ0v) is 10.4. The van der Waals surface area contributed by atoms with Crippen LogP contribution in [0.25, 0.3) is 0 Å². The molecule has 98 valence electrons. The van der Waals surface area contributed by atoms with Crippen molar-refractivity contribution in [2.75, 3.05) is 19.6 Å². The predicted molar refractivity (Wildman–Crippen MR) is 66.3 cm³/mol. The highest BCUT2D eigenvalue weighted by molar-refractivity contribution is 5.83. The van der Waals surface area contributed by atoms with Crippen LogP contribution >= 0.6 is 0 Å². The van der Waals surface area contributed by atoms with Crippen molar-refractivity contribution in [2.45, 2.75) is 45.1 Å². The van der Waals surface area contributed by atoms with Crippen LogP contribution in [0.2, 0.25) is 0 Å². The lowest BCUT2D eigenvalue weighted by atomic mass is 10.2. The zero-order valence-electron chi connectivity index (χ0n) is 10.4. The van der Waals surface area contributed by atoms with E-state index in [0.29, 0.717) is 0 Å². The molecule has 1 saturated heterocycles. The van der Waals surface area contributed by atoms with E-state index in [-0.39, 0.29) is 0 Å². The zero-order chi connectivity index (χ0) is 12.7. The first kappa shape index (κ1) is 14.0. The van der Waals surface area contributed by atoms with E-state index in [0.717, 1.165) is 6.54 Å². The van der Waals surface area contributed by atoms with Crippen LogP contribution in [-0.2, 0) is 4.79 Å². The van der Waals surface area contributed by atoms with Crippen molar-refractivity contribution in [3.8, 4) is 0 Å². The Kier molecular flexibility index (Phi) is 5.97. The molecule has 2 heterocycles. The van der Waals surface area contributed by atoms with Crippen molar-refractivity contribution >= 4 is 11.8 Å². The Morgan fingerprint density at radius 2 is 1.94 bits per heavy atom. The monoisotopic (exact) mass is 242 g/mol. The Hall–Kier alpha value is -1.10. The van der Waals surface area contributed by atoms with Crippen molar-refractivity contribution in [1.82, 2.24) is 4.90 Å². The van der Waals surface area contributed by atoms with E-state index in [2.05, 4.69) is 9.89 Å². The minimum absolute atomic E-state index is 1.08. The van der Waals surface area contributed by atoms with E-state index in [1.807, 2.05) is 0 Å². The number of hydrogen-bond acceptors (Lipinski definition) is 4. The molecule has 0 aromatic carbocycles. The number of nitrogens with zero attached hydrogens (tertiary/aromatic N) is 2. The molecule has 0 saturated carbocycles. The van der Waals surface area contributed by atoms with Crippen LogP contribution in [0, 0.1) is 0 Å². The van der Waals surface area contributed by atoms with E-state index in [9.17, 15) is 4.79 Å². The van der Waals surface area contributed by atoms with Gasteiger partial charge in [0, 0.05) is 26.1 Å². The fourth-order valence-corrected chi connectivity index (χ4v) is 1.94. The third-order valence-electron chi connectivity index (χ3n) is 2.93. The molecular weight excluding hydrogens is 220 g/mol. The molecular formula is C12H22N2O3. The van der Waals surface area contributed by atoms with Gasteiger partial charge in [0.05, 0.1) is 5.84 Å². The Balaban J connectivity index is 0.000000209. The number of aliphatic hydroxyl groups excluding tert-OH is 1. The summed E-state index contributed by atoms with van der Waals surface area (Å²) in [4.78, 5) is 16.5. The van der Waals surface area contributed by atoms with Gasteiger partial charge >= 0.3 is 5.97 Å². The maximum atomic E-state index is 9.45. The molecule has 5 nitrogen and oxygen atoms in total. The van der Waals surface area contributed by atoms with Crippen molar-refractivity contribution < 1.29 is 15.0 Å². The minimum atomic E-state index is -1.23. The second-order valence-corrected chi connectivity index (χ2v) is 4.46. The summed E-state index contributed by atoms with van der Waals surface area (Å²) in [7, 11) is 0. The summed E-state index contributed by atoms with van der Waals surface area (Å²) >= 11 is 0. The highest BCUT2D eigenvalue weighted by Gasteiger charge is 2.16. The number of aliphatic hydroxyl groups is 1. The van der Waals surface area contributed by atoms with Gasteiger partial charge in [-0.05, 0) is 26.2 Å². The van der Waals surface area contributed by atoms with Gasteiger partial charge in [-0.25, -0.2) is 4.79 Å². The molecule has 0 aliphatic carbocycles. The molecule has 2 aliphatic heterocycles. The van der Waals surface area contributed by atoms with Crippen molar-refractivity contribution in [2.24, 2.45) is 4.99 Å².